The Kier molecular flexibility index (Phi) is 2.79. The van der Waals surface area contributed by atoms with Gasteiger partial charge in [-0.15, -0.1) is 0 Å². The molecule has 1 N–H and O–H groups in total. The minimum absolute atomic E-state index is 0.0218. The molecule has 0 aromatic carbocycles. The number of aliphatic hydroxyl groups excluding tert-OH is 1. The van der Waals surface area contributed by atoms with E-state index in [1.54, 1.807) is 0 Å². The summed E-state index contributed by atoms with van der Waals surface area (Å²) in [5.41, 5.74) is 0. The van der Waals surface area contributed by atoms with E-state index in [0.717, 1.165) is 0 Å². The largest absolute Gasteiger partial charge is 0.444 e. The van der Waals surface area contributed by atoms with Gasteiger partial charge in [-0.3, -0.25) is 0 Å². The Morgan fingerprint density at radius 3 is 3.00 bits per heavy atom. The minimum atomic E-state index is -3.06. The molecular formula is C9H13NO4S. The van der Waals surface area contributed by atoms with Crippen LogP contribution in [0.3, 0.4) is 0 Å². The van der Waals surface area contributed by atoms with E-state index in [0.29, 0.717) is 25.0 Å². The summed E-state index contributed by atoms with van der Waals surface area (Å²) in [6.45, 7) is -0.0218. The van der Waals surface area contributed by atoms with Crippen LogP contribution in [-0.2, 0) is 16.3 Å². The van der Waals surface area contributed by atoms with Crippen LogP contribution in [0.1, 0.15) is 29.7 Å². The first-order valence-corrected chi connectivity index (χ1v) is 6.62. The SMILES string of the molecule is O=S1(=O)CCCC1c1ncc(CCO)o1. The van der Waals surface area contributed by atoms with E-state index in [1.807, 2.05) is 0 Å². The number of oxazole rings is 1. The maximum absolute atomic E-state index is 11.6. The molecule has 2 heterocycles. The lowest BCUT2D eigenvalue weighted by molar-refractivity contribution is 0.285. The van der Waals surface area contributed by atoms with Crippen LogP contribution in [0.4, 0.5) is 0 Å². The zero-order chi connectivity index (χ0) is 10.9. The number of sulfone groups is 1. The summed E-state index contributed by atoms with van der Waals surface area (Å²) in [5.74, 6) is 1.03. The van der Waals surface area contributed by atoms with Crippen molar-refractivity contribution in [3.05, 3.63) is 17.8 Å². The van der Waals surface area contributed by atoms with Gasteiger partial charge in [-0.2, -0.15) is 0 Å². The third kappa shape index (κ3) is 2.05. The van der Waals surface area contributed by atoms with Gasteiger partial charge in [-0.05, 0) is 12.8 Å². The number of rotatable bonds is 3. The fourth-order valence-corrected chi connectivity index (χ4v) is 3.56. The summed E-state index contributed by atoms with van der Waals surface area (Å²) in [7, 11) is -3.06. The van der Waals surface area contributed by atoms with Crippen molar-refractivity contribution in [2.45, 2.75) is 24.5 Å². The second-order valence-electron chi connectivity index (χ2n) is 3.64. The van der Waals surface area contributed by atoms with Crippen molar-refractivity contribution < 1.29 is 17.9 Å². The maximum Gasteiger partial charge on any atom is 0.212 e. The molecule has 1 unspecified atom stereocenters. The Hall–Kier alpha value is -0.880. The molecular weight excluding hydrogens is 218 g/mol. The normalized spacial score (nSPS) is 24.5. The highest BCUT2D eigenvalue weighted by atomic mass is 32.2. The van der Waals surface area contributed by atoms with E-state index in [1.165, 1.54) is 6.20 Å². The van der Waals surface area contributed by atoms with E-state index >= 15 is 0 Å². The van der Waals surface area contributed by atoms with E-state index in [-0.39, 0.29) is 18.3 Å². The Bertz CT molecular complexity index is 437. The Morgan fingerprint density at radius 1 is 1.60 bits per heavy atom. The highest BCUT2D eigenvalue weighted by Crippen LogP contribution is 2.33. The highest BCUT2D eigenvalue weighted by Gasteiger charge is 2.36. The molecule has 6 heteroatoms. The standard InChI is InChI=1S/C9H13NO4S/c11-4-3-7-6-10-9(14-7)8-2-1-5-15(8,12)13/h6,8,11H,1-5H2. The summed E-state index contributed by atoms with van der Waals surface area (Å²) in [5, 5.41) is 8.11. The Balaban J connectivity index is 2.22. The van der Waals surface area contributed by atoms with Gasteiger partial charge in [0, 0.05) is 6.42 Å². The molecule has 1 fully saturated rings. The predicted molar refractivity (Wildman–Crippen MR) is 53.1 cm³/mol. The van der Waals surface area contributed by atoms with E-state index in [4.69, 9.17) is 9.52 Å². The number of aromatic nitrogens is 1. The number of aliphatic hydroxyl groups is 1. The average molecular weight is 231 g/mol. The highest BCUT2D eigenvalue weighted by molar-refractivity contribution is 7.91. The molecule has 1 atom stereocenters. The average Bonchev–Trinajstić information content (AvgIpc) is 2.72. The van der Waals surface area contributed by atoms with Crippen molar-refractivity contribution in [3.63, 3.8) is 0 Å². The summed E-state index contributed by atoms with van der Waals surface area (Å²) < 4.78 is 28.5. The Labute approximate surface area is 88.0 Å². The summed E-state index contributed by atoms with van der Waals surface area (Å²) in [6, 6.07) is 0. The van der Waals surface area contributed by atoms with Gasteiger partial charge in [0.15, 0.2) is 9.84 Å². The molecule has 15 heavy (non-hydrogen) atoms. The van der Waals surface area contributed by atoms with Gasteiger partial charge < -0.3 is 9.52 Å². The monoisotopic (exact) mass is 231 g/mol. The first-order chi connectivity index (χ1) is 7.13. The maximum atomic E-state index is 11.6. The van der Waals surface area contributed by atoms with Crippen molar-refractivity contribution in [2.75, 3.05) is 12.4 Å². The van der Waals surface area contributed by atoms with Crippen LogP contribution in [0.5, 0.6) is 0 Å². The lowest BCUT2D eigenvalue weighted by atomic mass is 10.2. The van der Waals surface area contributed by atoms with E-state index < -0.39 is 15.1 Å². The molecule has 1 aromatic rings. The van der Waals surface area contributed by atoms with Crippen LogP contribution in [0.25, 0.3) is 0 Å². The fourth-order valence-electron chi connectivity index (χ4n) is 1.77. The van der Waals surface area contributed by atoms with Crippen LogP contribution in [0, 0.1) is 0 Å². The Morgan fingerprint density at radius 2 is 2.40 bits per heavy atom. The van der Waals surface area contributed by atoms with Gasteiger partial charge in [0.25, 0.3) is 0 Å². The van der Waals surface area contributed by atoms with Crippen molar-refractivity contribution >= 4 is 9.84 Å². The fraction of sp³-hybridized carbons (Fsp3) is 0.667. The molecule has 2 rings (SSSR count). The van der Waals surface area contributed by atoms with Gasteiger partial charge in [-0.25, -0.2) is 13.4 Å². The van der Waals surface area contributed by atoms with Gasteiger partial charge in [-0.1, -0.05) is 0 Å². The number of hydrogen-bond donors (Lipinski definition) is 1. The second kappa shape index (κ2) is 3.94. The van der Waals surface area contributed by atoms with Crippen molar-refractivity contribution in [3.8, 4) is 0 Å². The van der Waals surface area contributed by atoms with Gasteiger partial charge >= 0.3 is 0 Å². The molecule has 0 aliphatic carbocycles. The summed E-state index contributed by atoms with van der Waals surface area (Å²) in [6.07, 6.45) is 3.12. The first kappa shape index (κ1) is 10.6. The van der Waals surface area contributed by atoms with Gasteiger partial charge in [0.1, 0.15) is 11.0 Å². The quantitative estimate of drug-likeness (QED) is 0.817. The molecule has 0 spiro atoms. The summed E-state index contributed by atoms with van der Waals surface area (Å²) in [4.78, 5) is 3.96. The molecule has 5 nitrogen and oxygen atoms in total. The van der Waals surface area contributed by atoms with E-state index in [9.17, 15) is 8.42 Å². The van der Waals surface area contributed by atoms with Crippen LogP contribution in [0.2, 0.25) is 0 Å². The molecule has 0 amide bonds. The molecule has 1 saturated heterocycles. The van der Waals surface area contributed by atoms with Crippen LogP contribution < -0.4 is 0 Å². The molecule has 0 radical (unpaired) electrons. The molecule has 1 aliphatic heterocycles. The van der Waals surface area contributed by atoms with Crippen LogP contribution in [-0.4, -0.2) is 30.9 Å². The third-order valence-electron chi connectivity index (χ3n) is 2.53. The zero-order valence-corrected chi connectivity index (χ0v) is 9.03. The van der Waals surface area contributed by atoms with Gasteiger partial charge in [0.05, 0.1) is 18.6 Å². The molecule has 84 valence electrons. The van der Waals surface area contributed by atoms with Crippen LogP contribution in [0.15, 0.2) is 10.6 Å². The lowest BCUT2D eigenvalue weighted by Gasteiger charge is -2.03. The zero-order valence-electron chi connectivity index (χ0n) is 8.22. The molecule has 1 aromatic heterocycles. The topological polar surface area (TPSA) is 80.4 Å². The van der Waals surface area contributed by atoms with Crippen LogP contribution >= 0.6 is 0 Å². The minimum Gasteiger partial charge on any atom is -0.444 e. The van der Waals surface area contributed by atoms with Gasteiger partial charge in [0.2, 0.25) is 5.89 Å². The van der Waals surface area contributed by atoms with E-state index in [2.05, 4.69) is 4.98 Å². The van der Waals surface area contributed by atoms with Crippen molar-refractivity contribution in [2.24, 2.45) is 0 Å². The van der Waals surface area contributed by atoms with Crippen molar-refractivity contribution in [1.82, 2.24) is 4.98 Å². The summed E-state index contributed by atoms with van der Waals surface area (Å²) >= 11 is 0. The number of hydrogen-bond acceptors (Lipinski definition) is 5. The first-order valence-electron chi connectivity index (χ1n) is 4.90. The molecule has 0 saturated carbocycles. The molecule has 0 bridgehead atoms. The second-order valence-corrected chi connectivity index (χ2v) is 5.94. The third-order valence-corrected chi connectivity index (χ3v) is 4.70. The number of nitrogens with zero attached hydrogens (tertiary/aromatic N) is 1. The smallest absolute Gasteiger partial charge is 0.212 e. The lowest BCUT2D eigenvalue weighted by Crippen LogP contribution is -2.07. The van der Waals surface area contributed by atoms with Crippen molar-refractivity contribution in [1.29, 1.82) is 0 Å². The molecule has 1 aliphatic rings. The predicted octanol–water partition coefficient (Wildman–Crippen LogP) is 0.459.